The number of halogens is 1. The molecule has 0 saturated heterocycles. The summed E-state index contributed by atoms with van der Waals surface area (Å²) in [6.45, 7) is 2.96. The molecule has 0 radical (unpaired) electrons. The van der Waals surface area contributed by atoms with Gasteiger partial charge in [0.15, 0.2) is 0 Å². The van der Waals surface area contributed by atoms with Crippen LogP contribution in [0.1, 0.15) is 25.5 Å². The number of rotatable bonds is 7. The predicted molar refractivity (Wildman–Crippen MR) is 104 cm³/mol. The van der Waals surface area contributed by atoms with Crippen molar-refractivity contribution in [2.24, 2.45) is 5.92 Å². The molecule has 0 unspecified atom stereocenters. The maximum absolute atomic E-state index is 4.73. The fourth-order valence-corrected chi connectivity index (χ4v) is 3.42. The summed E-state index contributed by atoms with van der Waals surface area (Å²) in [4.78, 5) is 16.6. The topological polar surface area (TPSA) is 78.5 Å². The highest BCUT2D eigenvalue weighted by atomic mass is 79.9. The summed E-state index contributed by atoms with van der Waals surface area (Å²) in [5, 5.41) is 7.95. The Balaban J connectivity index is 1.58. The number of anilines is 2. The molecule has 1 aromatic carbocycles. The van der Waals surface area contributed by atoms with E-state index in [0.717, 1.165) is 45.8 Å². The van der Waals surface area contributed by atoms with Crippen LogP contribution in [0.25, 0.3) is 10.9 Å². The van der Waals surface area contributed by atoms with Crippen LogP contribution in [-0.2, 0) is 6.42 Å². The van der Waals surface area contributed by atoms with Gasteiger partial charge in [0.05, 0.1) is 17.5 Å². The van der Waals surface area contributed by atoms with Crippen LogP contribution in [0.2, 0.25) is 0 Å². The average Bonchev–Trinajstić information content (AvgIpc) is 3.33. The summed E-state index contributed by atoms with van der Waals surface area (Å²) in [6.07, 6.45) is 7.03. The van der Waals surface area contributed by atoms with Crippen molar-refractivity contribution in [2.45, 2.75) is 32.2 Å². The largest absolute Gasteiger partial charge is 0.367 e. The summed E-state index contributed by atoms with van der Waals surface area (Å²) < 4.78 is 0.977. The van der Waals surface area contributed by atoms with E-state index in [1.165, 1.54) is 12.8 Å². The zero-order valence-electron chi connectivity index (χ0n) is 14.1. The summed E-state index contributed by atoms with van der Waals surface area (Å²) in [5.41, 5.74) is 1.94. The van der Waals surface area contributed by atoms with Crippen molar-refractivity contribution >= 4 is 38.6 Å². The molecule has 1 fully saturated rings. The van der Waals surface area contributed by atoms with E-state index in [2.05, 4.69) is 54.5 Å². The number of para-hydroxylation sites is 1. The Morgan fingerprint density at radius 1 is 1.32 bits per heavy atom. The smallest absolute Gasteiger partial charge is 0.225 e. The van der Waals surface area contributed by atoms with Gasteiger partial charge >= 0.3 is 0 Å². The van der Waals surface area contributed by atoms with Crippen molar-refractivity contribution in [1.82, 2.24) is 19.9 Å². The number of benzene rings is 1. The van der Waals surface area contributed by atoms with E-state index in [1.807, 2.05) is 18.3 Å². The van der Waals surface area contributed by atoms with E-state index < -0.39 is 0 Å². The molecule has 7 heteroatoms. The van der Waals surface area contributed by atoms with Crippen LogP contribution in [-0.4, -0.2) is 32.5 Å². The van der Waals surface area contributed by atoms with Crippen LogP contribution in [0.4, 0.5) is 11.8 Å². The second-order valence-electron chi connectivity index (χ2n) is 6.54. The Bertz CT molecular complexity index is 859. The minimum atomic E-state index is 0.425. The van der Waals surface area contributed by atoms with Crippen LogP contribution in [0.3, 0.4) is 0 Å². The number of fused-ring (bicyclic) bond motifs is 1. The number of hydrogen-bond acceptors (Lipinski definition) is 5. The predicted octanol–water partition coefficient (Wildman–Crippen LogP) is 3.98. The summed E-state index contributed by atoms with van der Waals surface area (Å²) in [6, 6.07) is 6.52. The number of hydrogen-bond donors (Lipinski definition) is 3. The first kappa shape index (κ1) is 16.3. The monoisotopic (exact) mass is 400 g/mol. The van der Waals surface area contributed by atoms with Crippen molar-refractivity contribution in [3.63, 3.8) is 0 Å². The van der Waals surface area contributed by atoms with Crippen LogP contribution >= 0.6 is 15.9 Å². The molecule has 1 atom stereocenters. The fourth-order valence-electron chi connectivity index (χ4n) is 2.97. The molecule has 0 bridgehead atoms. The Morgan fingerprint density at radius 2 is 2.20 bits per heavy atom. The highest BCUT2D eigenvalue weighted by Crippen LogP contribution is 2.35. The van der Waals surface area contributed by atoms with Crippen LogP contribution in [0, 0.1) is 5.92 Å². The maximum Gasteiger partial charge on any atom is 0.225 e. The minimum Gasteiger partial charge on any atom is -0.367 e. The second-order valence-corrected chi connectivity index (χ2v) is 7.39. The molecule has 0 aliphatic heterocycles. The Kier molecular flexibility index (Phi) is 4.57. The van der Waals surface area contributed by atoms with E-state index in [4.69, 9.17) is 4.98 Å². The van der Waals surface area contributed by atoms with Crippen molar-refractivity contribution < 1.29 is 0 Å². The number of aromatic nitrogens is 4. The second kappa shape index (κ2) is 7.00. The molecule has 130 valence electrons. The molecule has 1 saturated carbocycles. The third kappa shape index (κ3) is 3.76. The van der Waals surface area contributed by atoms with Crippen molar-refractivity contribution in [1.29, 1.82) is 0 Å². The molecule has 6 nitrogen and oxygen atoms in total. The molecule has 1 aliphatic carbocycles. The third-order valence-electron chi connectivity index (χ3n) is 4.59. The lowest BCUT2D eigenvalue weighted by molar-refractivity contribution is 0.691. The molecule has 0 amide bonds. The summed E-state index contributed by atoms with van der Waals surface area (Å²) in [5.74, 6) is 2.29. The highest BCUT2D eigenvalue weighted by molar-refractivity contribution is 9.10. The molecule has 2 heterocycles. The maximum atomic E-state index is 4.73. The van der Waals surface area contributed by atoms with Gasteiger partial charge in [-0.25, -0.2) is 9.97 Å². The van der Waals surface area contributed by atoms with Gasteiger partial charge in [-0.3, -0.25) is 0 Å². The average molecular weight is 401 g/mol. The lowest BCUT2D eigenvalue weighted by atomic mass is 10.2. The Hall–Kier alpha value is -2.15. The van der Waals surface area contributed by atoms with Gasteiger partial charge in [0.25, 0.3) is 0 Å². The summed E-state index contributed by atoms with van der Waals surface area (Å²) in [7, 11) is 0. The van der Waals surface area contributed by atoms with E-state index in [1.54, 1.807) is 6.33 Å². The van der Waals surface area contributed by atoms with Gasteiger partial charge in [0.2, 0.25) is 5.95 Å². The molecular weight excluding hydrogens is 380 g/mol. The number of aromatic amines is 1. The van der Waals surface area contributed by atoms with Crippen LogP contribution in [0.5, 0.6) is 0 Å². The molecule has 3 aromatic rings. The molecule has 1 aliphatic rings. The molecule has 4 rings (SSSR count). The number of imidazole rings is 1. The van der Waals surface area contributed by atoms with Gasteiger partial charge in [-0.05, 0) is 53.7 Å². The van der Waals surface area contributed by atoms with E-state index in [0.29, 0.717) is 12.0 Å². The normalized spacial score (nSPS) is 15.3. The molecule has 25 heavy (non-hydrogen) atoms. The van der Waals surface area contributed by atoms with Crippen LogP contribution < -0.4 is 10.6 Å². The number of H-pyrrole nitrogens is 1. The standard InChI is InChI=1S/C18H21BrN6/c1-11(12-5-6-12)23-17-14-3-2-4-15(19)16(14)24-18(25-17)21-8-7-13-9-20-10-22-13/h2-4,9-12H,5-8H2,1H3,(H,20,22)(H2,21,23,24,25)/t11-/m1/s1. The van der Waals surface area contributed by atoms with Gasteiger partial charge in [0, 0.05) is 35.1 Å². The quantitative estimate of drug-likeness (QED) is 0.558. The van der Waals surface area contributed by atoms with Crippen molar-refractivity contribution in [3.8, 4) is 0 Å². The van der Waals surface area contributed by atoms with Crippen molar-refractivity contribution in [2.75, 3.05) is 17.2 Å². The summed E-state index contributed by atoms with van der Waals surface area (Å²) >= 11 is 3.61. The van der Waals surface area contributed by atoms with E-state index >= 15 is 0 Å². The van der Waals surface area contributed by atoms with Gasteiger partial charge in [-0.15, -0.1) is 0 Å². The molecule has 3 N–H and O–H groups in total. The third-order valence-corrected chi connectivity index (χ3v) is 5.23. The fraction of sp³-hybridized carbons (Fsp3) is 0.389. The van der Waals surface area contributed by atoms with E-state index in [-0.39, 0.29) is 0 Å². The number of nitrogens with one attached hydrogen (secondary N) is 3. The van der Waals surface area contributed by atoms with Crippen molar-refractivity contribution in [3.05, 3.63) is 40.9 Å². The first-order chi connectivity index (χ1) is 12.2. The van der Waals surface area contributed by atoms with E-state index in [9.17, 15) is 0 Å². The molecular formula is C18H21BrN6. The highest BCUT2D eigenvalue weighted by Gasteiger charge is 2.28. The Morgan fingerprint density at radius 3 is 2.96 bits per heavy atom. The number of nitrogens with zero attached hydrogens (tertiary/aromatic N) is 3. The Labute approximate surface area is 155 Å². The molecule has 0 spiro atoms. The van der Waals surface area contributed by atoms with Crippen LogP contribution in [0.15, 0.2) is 35.2 Å². The van der Waals surface area contributed by atoms with Gasteiger partial charge in [0.1, 0.15) is 5.82 Å². The van der Waals surface area contributed by atoms with Gasteiger partial charge in [-0.1, -0.05) is 6.07 Å². The zero-order chi connectivity index (χ0) is 17.2. The lowest BCUT2D eigenvalue weighted by Crippen LogP contribution is -2.19. The first-order valence-corrected chi connectivity index (χ1v) is 9.44. The van der Waals surface area contributed by atoms with Gasteiger partial charge < -0.3 is 15.6 Å². The first-order valence-electron chi connectivity index (χ1n) is 8.65. The molecule has 2 aromatic heterocycles. The zero-order valence-corrected chi connectivity index (χ0v) is 15.7. The SMILES string of the molecule is C[C@@H](Nc1nc(NCCc2c[nH]cn2)nc2c(Br)cccc12)C1CC1. The lowest BCUT2D eigenvalue weighted by Gasteiger charge is -2.17. The minimum absolute atomic E-state index is 0.425. The van der Waals surface area contributed by atoms with Gasteiger partial charge in [-0.2, -0.15) is 4.98 Å².